The van der Waals surface area contributed by atoms with Crippen molar-refractivity contribution in [2.24, 2.45) is 0 Å². The molecule has 0 fully saturated rings. The van der Waals surface area contributed by atoms with E-state index in [0.717, 1.165) is 35.4 Å². The number of aliphatic hydroxyl groups is 1. The van der Waals surface area contributed by atoms with Gasteiger partial charge in [-0.25, -0.2) is 9.97 Å². The van der Waals surface area contributed by atoms with E-state index >= 15 is 0 Å². The van der Waals surface area contributed by atoms with Crippen LogP contribution in [0.5, 0.6) is 0 Å². The van der Waals surface area contributed by atoms with E-state index in [1.54, 1.807) is 17.7 Å². The van der Waals surface area contributed by atoms with Crippen LogP contribution in [0, 0.1) is 0 Å². The van der Waals surface area contributed by atoms with Crippen molar-refractivity contribution in [2.75, 3.05) is 11.9 Å². The molecule has 0 aliphatic rings. The van der Waals surface area contributed by atoms with Gasteiger partial charge in [0.05, 0.1) is 16.3 Å². The highest BCUT2D eigenvalue weighted by atomic mass is 32.1. The molecule has 1 atom stereocenters. The molecule has 86 valence electrons. The number of rotatable bonds is 5. The maximum Gasteiger partial charge on any atom is 0.147 e. The maximum absolute atomic E-state index is 9.14. The zero-order valence-corrected chi connectivity index (χ0v) is 10.00. The van der Waals surface area contributed by atoms with Gasteiger partial charge in [0, 0.05) is 6.54 Å². The van der Waals surface area contributed by atoms with Crippen LogP contribution in [0.3, 0.4) is 0 Å². The average Bonchev–Trinajstić information content (AvgIpc) is 2.72. The summed E-state index contributed by atoms with van der Waals surface area (Å²) in [5.41, 5.74) is 0.984. The predicted molar refractivity (Wildman–Crippen MR) is 66.8 cm³/mol. The summed E-state index contributed by atoms with van der Waals surface area (Å²) in [5.74, 6) is 0.894. The van der Waals surface area contributed by atoms with Gasteiger partial charge in [0.1, 0.15) is 12.1 Å². The lowest BCUT2D eigenvalue weighted by Crippen LogP contribution is -2.07. The molecule has 0 saturated carbocycles. The Hall–Kier alpha value is -1.20. The van der Waals surface area contributed by atoms with Crippen molar-refractivity contribution in [3.05, 3.63) is 17.8 Å². The number of aromatic nitrogens is 2. The summed E-state index contributed by atoms with van der Waals surface area (Å²) < 4.78 is 1.10. The summed E-state index contributed by atoms with van der Waals surface area (Å²) in [7, 11) is 0. The van der Waals surface area contributed by atoms with Crippen LogP contribution in [0.15, 0.2) is 17.8 Å². The number of fused-ring (bicyclic) bond motifs is 1. The summed E-state index contributed by atoms with van der Waals surface area (Å²) in [6.45, 7) is 2.64. The first-order valence-corrected chi connectivity index (χ1v) is 6.25. The highest BCUT2D eigenvalue weighted by Crippen LogP contribution is 2.24. The molecule has 0 radical (unpaired) electrons. The number of hydrogen-bond acceptors (Lipinski definition) is 5. The van der Waals surface area contributed by atoms with Crippen LogP contribution in [0.25, 0.3) is 10.2 Å². The Morgan fingerprint density at radius 3 is 3.19 bits per heavy atom. The van der Waals surface area contributed by atoms with Crippen LogP contribution < -0.4 is 5.32 Å². The summed E-state index contributed by atoms with van der Waals surface area (Å²) >= 11 is 1.64. The van der Waals surface area contributed by atoms with Crippen LogP contribution in [0.1, 0.15) is 19.8 Å². The third-order valence-corrected chi connectivity index (χ3v) is 3.24. The van der Waals surface area contributed by atoms with E-state index in [1.165, 1.54) is 0 Å². The Balaban J connectivity index is 1.96. The molecular weight excluding hydrogens is 222 g/mol. The predicted octanol–water partition coefficient (Wildman–Crippen LogP) is 2.26. The zero-order chi connectivity index (χ0) is 11.4. The SMILES string of the molecule is CC(O)CCCNc1ncnc2ccsc12. The molecule has 0 aromatic carbocycles. The highest BCUT2D eigenvalue weighted by molar-refractivity contribution is 7.17. The van der Waals surface area contributed by atoms with Gasteiger partial charge in [0.2, 0.25) is 0 Å². The van der Waals surface area contributed by atoms with Crippen LogP contribution in [0.2, 0.25) is 0 Å². The van der Waals surface area contributed by atoms with Crippen molar-refractivity contribution in [2.45, 2.75) is 25.9 Å². The van der Waals surface area contributed by atoms with Crippen molar-refractivity contribution < 1.29 is 5.11 Å². The van der Waals surface area contributed by atoms with Crippen molar-refractivity contribution in [1.29, 1.82) is 0 Å². The molecule has 0 aliphatic heterocycles. The van der Waals surface area contributed by atoms with Gasteiger partial charge >= 0.3 is 0 Å². The molecule has 4 nitrogen and oxygen atoms in total. The third kappa shape index (κ3) is 2.68. The quantitative estimate of drug-likeness (QED) is 0.783. The number of aliphatic hydroxyl groups excluding tert-OH is 1. The minimum atomic E-state index is -0.228. The fraction of sp³-hybridized carbons (Fsp3) is 0.455. The molecular formula is C11H15N3OS. The normalized spacial score (nSPS) is 12.9. The van der Waals surface area contributed by atoms with E-state index in [-0.39, 0.29) is 6.10 Å². The zero-order valence-electron chi connectivity index (χ0n) is 9.18. The van der Waals surface area contributed by atoms with E-state index in [1.807, 2.05) is 18.4 Å². The number of hydrogen-bond donors (Lipinski definition) is 2. The Kier molecular flexibility index (Phi) is 3.69. The molecule has 2 heterocycles. The highest BCUT2D eigenvalue weighted by Gasteiger charge is 2.03. The first-order valence-electron chi connectivity index (χ1n) is 5.37. The molecule has 0 saturated heterocycles. The van der Waals surface area contributed by atoms with Crippen LogP contribution >= 0.6 is 11.3 Å². The maximum atomic E-state index is 9.14. The van der Waals surface area contributed by atoms with Crippen LogP contribution in [0.4, 0.5) is 5.82 Å². The summed E-state index contributed by atoms with van der Waals surface area (Å²) in [4.78, 5) is 8.40. The molecule has 0 amide bonds. The van der Waals surface area contributed by atoms with Crippen molar-refractivity contribution in [1.82, 2.24) is 9.97 Å². The molecule has 0 aliphatic carbocycles. The van der Waals surface area contributed by atoms with Crippen molar-refractivity contribution in [3.8, 4) is 0 Å². The topological polar surface area (TPSA) is 58.0 Å². The van der Waals surface area contributed by atoms with E-state index < -0.39 is 0 Å². The standard InChI is InChI=1S/C11H15N3OS/c1-8(15)3-2-5-12-11-10-9(4-6-16-10)13-7-14-11/h4,6-8,15H,2-3,5H2,1H3,(H,12,13,14). The summed E-state index contributed by atoms with van der Waals surface area (Å²) in [6, 6.07) is 1.99. The average molecular weight is 237 g/mol. The van der Waals surface area contributed by atoms with E-state index in [0.29, 0.717) is 0 Å². The van der Waals surface area contributed by atoms with Gasteiger partial charge in [0.25, 0.3) is 0 Å². The minimum absolute atomic E-state index is 0.228. The molecule has 2 aromatic rings. The fourth-order valence-corrected chi connectivity index (χ4v) is 2.33. The lowest BCUT2D eigenvalue weighted by atomic mass is 10.2. The van der Waals surface area contributed by atoms with Gasteiger partial charge in [-0.15, -0.1) is 11.3 Å². The molecule has 2 N–H and O–H groups in total. The van der Waals surface area contributed by atoms with Crippen molar-refractivity contribution >= 4 is 27.4 Å². The van der Waals surface area contributed by atoms with Gasteiger partial charge < -0.3 is 10.4 Å². The van der Waals surface area contributed by atoms with Gasteiger partial charge in [0.15, 0.2) is 0 Å². The second-order valence-corrected chi connectivity index (χ2v) is 4.69. The molecule has 0 bridgehead atoms. The first-order chi connectivity index (χ1) is 7.77. The van der Waals surface area contributed by atoms with Gasteiger partial charge in [-0.1, -0.05) is 0 Å². The van der Waals surface area contributed by atoms with E-state index in [9.17, 15) is 0 Å². The largest absolute Gasteiger partial charge is 0.393 e. The van der Waals surface area contributed by atoms with E-state index in [2.05, 4.69) is 15.3 Å². The Labute approximate surface area is 98.4 Å². The number of nitrogens with zero attached hydrogens (tertiary/aromatic N) is 2. The van der Waals surface area contributed by atoms with Gasteiger partial charge in [-0.3, -0.25) is 0 Å². The molecule has 0 spiro atoms. The number of nitrogens with one attached hydrogen (secondary N) is 1. The van der Waals surface area contributed by atoms with Crippen LogP contribution in [-0.4, -0.2) is 27.7 Å². The second-order valence-electron chi connectivity index (χ2n) is 3.78. The minimum Gasteiger partial charge on any atom is -0.393 e. The van der Waals surface area contributed by atoms with Gasteiger partial charge in [-0.2, -0.15) is 0 Å². The fourth-order valence-electron chi connectivity index (χ4n) is 1.52. The molecule has 1 unspecified atom stereocenters. The van der Waals surface area contributed by atoms with Gasteiger partial charge in [-0.05, 0) is 31.2 Å². The number of thiophene rings is 1. The second kappa shape index (κ2) is 5.23. The van der Waals surface area contributed by atoms with Crippen LogP contribution in [-0.2, 0) is 0 Å². The third-order valence-electron chi connectivity index (χ3n) is 2.33. The lowest BCUT2D eigenvalue weighted by molar-refractivity contribution is 0.183. The summed E-state index contributed by atoms with van der Waals surface area (Å²) in [6.07, 6.45) is 3.10. The number of anilines is 1. The molecule has 16 heavy (non-hydrogen) atoms. The molecule has 5 heteroatoms. The lowest BCUT2D eigenvalue weighted by Gasteiger charge is -2.07. The first kappa shape index (κ1) is 11.3. The Bertz CT molecular complexity index is 455. The van der Waals surface area contributed by atoms with E-state index in [4.69, 9.17) is 5.11 Å². The molecule has 2 rings (SSSR count). The van der Waals surface area contributed by atoms with Crippen molar-refractivity contribution in [3.63, 3.8) is 0 Å². The Morgan fingerprint density at radius 1 is 1.50 bits per heavy atom. The Morgan fingerprint density at radius 2 is 2.38 bits per heavy atom. The summed E-state index contributed by atoms with van der Waals surface area (Å²) in [5, 5.41) is 14.4. The molecule has 2 aromatic heterocycles. The monoisotopic (exact) mass is 237 g/mol. The smallest absolute Gasteiger partial charge is 0.147 e.